The number of carbonyl (C=O) groups is 1. The molecule has 6 heteroatoms. The van der Waals surface area contributed by atoms with E-state index >= 15 is 0 Å². The average molecular weight is 274 g/mol. The van der Waals surface area contributed by atoms with Crippen LogP contribution in [0.5, 0.6) is 5.75 Å². The van der Waals surface area contributed by atoms with Crippen LogP contribution >= 0.6 is 0 Å². The molecule has 0 saturated heterocycles. The molecule has 20 heavy (non-hydrogen) atoms. The Morgan fingerprint density at radius 3 is 2.90 bits per heavy atom. The molecule has 0 bridgehead atoms. The van der Waals surface area contributed by atoms with Crippen LogP contribution in [-0.4, -0.2) is 28.0 Å². The molecule has 0 aliphatic carbocycles. The lowest BCUT2D eigenvalue weighted by Crippen LogP contribution is -2.42. The molecule has 1 atom stereocenters. The number of aromatic nitrogens is 2. The van der Waals surface area contributed by atoms with Gasteiger partial charge in [0.05, 0.1) is 6.61 Å². The Morgan fingerprint density at radius 1 is 1.40 bits per heavy atom. The van der Waals surface area contributed by atoms with Crippen molar-refractivity contribution >= 4 is 5.97 Å². The third-order valence-corrected chi connectivity index (χ3v) is 3.81. The third-order valence-electron chi connectivity index (χ3n) is 3.81. The number of nitrogens with zero attached hydrogens (tertiary/aromatic N) is 2. The summed E-state index contributed by atoms with van der Waals surface area (Å²) in [5.74, 6) is -0.258. The predicted molar refractivity (Wildman–Crippen MR) is 68.6 cm³/mol. The fraction of sp³-hybridized carbons (Fsp3) is 0.357. The number of aryl methyl sites for hydroxylation is 1. The van der Waals surface area contributed by atoms with Gasteiger partial charge >= 0.3 is 5.97 Å². The summed E-state index contributed by atoms with van der Waals surface area (Å²) >= 11 is 0. The lowest BCUT2D eigenvalue weighted by molar-refractivity contribution is -0.145. The lowest BCUT2D eigenvalue weighted by atomic mass is 9.72. The van der Waals surface area contributed by atoms with Gasteiger partial charge in [-0.05, 0) is 13.0 Å². The molecule has 1 aliphatic rings. The van der Waals surface area contributed by atoms with E-state index in [4.69, 9.17) is 4.74 Å². The molecule has 3 rings (SSSR count). The Balaban J connectivity index is 2.10. The normalized spacial score (nSPS) is 21.1. The van der Waals surface area contributed by atoms with Crippen molar-refractivity contribution in [3.63, 3.8) is 0 Å². The summed E-state index contributed by atoms with van der Waals surface area (Å²) < 4.78 is 10.2. The molecule has 1 aromatic carbocycles. The van der Waals surface area contributed by atoms with Crippen LogP contribution in [0, 0.1) is 6.92 Å². The molecule has 104 valence electrons. The minimum Gasteiger partial charge on any atom is -0.493 e. The minimum atomic E-state index is -1.04. The van der Waals surface area contributed by atoms with E-state index in [9.17, 15) is 9.90 Å². The maximum atomic E-state index is 11.9. The van der Waals surface area contributed by atoms with Crippen molar-refractivity contribution in [3.05, 3.63) is 41.2 Å². The highest BCUT2D eigenvalue weighted by Crippen LogP contribution is 2.41. The zero-order valence-corrected chi connectivity index (χ0v) is 11.0. The molecule has 0 saturated carbocycles. The first-order chi connectivity index (χ1) is 9.63. The van der Waals surface area contributed by atoms with Gasteiger partial charge in [-0.3, -0.25) is 4.79 Å². The molecule has 1 unspecified atom stereocenters. The van der Waals surface area contributed by atoms with E-state index in [1.165, 1.54) is 0 Å². The van der Waals surface area contributed by atoms with Crippen molar-refractivity contribution in [1.82, 2.24) is 10.3 Å². The highest BCUT2D eigenvalue weighted by atomic mass is 16.6. The van der Waals surface area contributed by atoms with Gasteiger partial charge in [0.15, 0.2) is 0 Å². The Morgan fingerprint density at radius 2 is 2.20 bits per heavy atom. The van der Waals surface area contributed by atoms with Crippen molar-refractivity contribution in [2.45, 2.75) is 25.2 Å². The van der Waals surface area contributed by atoms with Crippen LogP contribution in [0.25, 0.3) is 0 Å². The summed E-state index contributed by atoms with van der Waals surface area (Å²) in [6.45, 7) is 2.13. The van der Waals surface area contributed by atoms with E-state index in [2.05, 4.69) is 14.9 Å². The van der Waals surface area contributed by atoms with Crippen LogP contribution in [0.1, 0.15) is 23.4 Å². The summed E-state index contributed by atoms with van der Waals surface area (Å²) in [5, 5.41) is 17.3. The SMILES string of the molecule is Cc1nonc1CC1(C(=O)O)CCOc2ccccc21. The van der Waals surface area contributed by atoms with Crippen molar-refractivity contribution < 1.29 is 19.3 Å². The molecule has 6 nitrogen and oxygen atoms in total. The number of benzene rings is 1. The monoisotopic (exact) mass is 274 g/mol. The fourth-order valence-corrected chi connectivity index (χ4v) is 2.63. The highest BCUT2D eigenvalue weighted by molar-refractivity contribution is 5.83. The number of carboxylic acids is 1. The fourth-order valence-electron chi connectivity index (χ4n) is 2.63. The molecule has 0 fully saturated rings. The number of hydrogen-bond donors (Lipinski definition) is 1. The van der Waals surface area contributed by atoms with Gasteiger partial charge in [0.1, 0.15) is 22.6 Å². The van der Waals surface area contributed by atoms with Crippen molar-refractivity contribution in [2.24, 2.45) is 0 Å². The molecule has 1 aromatic heterocycles. The first kappa shape index (κ1) is 12.7. The average Bonchev–Trinajstić information content (AvgIpc) is 2.84. The molecule has 2 aromatic rings. The molecule has 2 heterocycles. The summed E-state index contributed by atoms with van der Waals surface area (Å²) in [6.07, 6.45) is 0.643. The number of carboxylic acid groups (broad SMARTS) is 1. The van der Waals surface area contributed by atoms with Crippen LogP contribution in [-0.2, 0) is 16.6 Å². The number of hydrogen-bond acceptors (Lipinski definition) is 5. The molecule has 0 spiro atoms. The Kier molecular flexibility index (Phi) is 2.93. The van der Waals surface area contributed by atoms with Crippen molar-refractivity contribution in [2.75, 3.05) is 6.61 Å². The Bertz CT molecular complexity index is 652. The van der Waals surface area contributed by atoms with Crippen LogP contribution in [0.3, 0.4) is 0 Å². The van der Waals surface area contributed by atoms with Gasteiger partial charge in [-0.2, -0.15) is 0 Å². The third kappa shape index (κ3) is 1.84. The van der Waals surface area contributed by atoms with E-state index < -0.39 is 11.4 Å². The minimum absolute atomic E-state index is 0.248. The number of para-hydroxylation sites is 1. The number of aliphatic carboxylic acids is 1. The largest absolute Gasteiger partial charge is 0.493 e. The van der Waals surface area contributed by atoms with E-state index in [-0.39, 0.29) is 6.42 Å². The predicted octanol–water partition coefficient (Wildman–Crippen LogP) is 1.73. The van der Waals surface area contributed by atoms with E-state index in [1.807, 2.05) is 12.1 Å². The first-order valence-electron chi connectivity index (χ1n) is 6.37. The van der Waals surface area contributed by atoms with Gasteiger partial charge in [-0.1, -0.05) is 28.5 Å². The van der Waals surface area contributed by atoms with E-state index in [1.54, 1.807) is 19.1 Å². The summed E-state index contributed by atoms with van der Waals surface area (Å²) in [7, 11) is 0. The second kappa shape index (κ2) is 4.63. The van der Waals surface area contributed by atoms with Gasteiger partial charge in [0, 0.05) is 18.4 Å². The van der Waals surface area contributed by atoms with Crippen molar-refractivity contribution in [3.8, 4) is 5.75 Å². The molecular formula is C14H14N2O4. The van der Waals surface area contributed by atoms with Crippen LogP contribution in [0.4, 0.5) is 0 Å². The molecule has 1 aliphatic heterocycles. The van der Waals surface area contributed by atoms with Crippen LogP contribution in [0.15, 0.2) is 28.9 Å². The maximum Gasteiger partial charge on any atom is 0.314 e. The first-order valence-corrected chi connectivity index (χ1v) is 6.37. The highest BCUT2D eigenvalue weighted by Gasteiger charge is 2.45. The lowest BCUT2D eigenvalue weighted by Gasteiger charge is -2.34. The quantitative estimate of drug-likeness (QED) is 0.917. The van der Waals surface area contributed by atoms with Gasteiger partial charge in [0.2, 0.25) is 0 Å². The maximum absolute atomic E-state index is 11.9. The van der Waals surface area contributed by atoms with Gasteiger partial charge < -0.3 is 9.84 Å². The van der Waals surface area contributed by atoms with Crippen LogP contribution in [0.2, 0.25) is 0 Å². The summed E-state index contributed by atoms with van der Waals surface area (Å²) in [4.78, 5) is 11.9. The number of rotatable bonds is 3. The zero-order valence-electron chi connectivity index (χ0n) is 11.0. The molecule has 1 N–H and O–H groups in total. The van der Waals surface area contributed by atoms with E-state index in [0.29, 0.717) is 35.7 Å². The molecule has 0 amide bonds. The number of ether oxygens (including phenoxy) is 1. The standard InChI is InChI=1S/C14H14N2O4/c1-9-11(16-20-15-9)8-14(13(17)18)6-7-19-12-5-3-2-4-10(12)14/h2-5H,6-8H2,1H3,(H,17,18). The second-order valence-electron chi connectivity index (χ2n) is 4.95. The summed E-state index contributed by atoms with van der Waals surface area (Å²) in [5.41, 5.74) is 0.831. The van der Waals surface area contributed by atoms with E-state index in [0.717, 1.165) is 0 Å². The van der Waals surface area contributed by atoms with Crippen molar-refractivity contribution in [1.29, 1.82) is 0 Å². The van der Waals surface area contributed by atoms with Crippen LogP contribution < -0.4 is 4.74 Å². The van der Waals surface area contributed by atoms with Gasteiger partial charge in [-0.25, -0.2) is 4.63 Å². The van der Waals surface area contributed by atoms with Gasteiger partial charge in [0.25, 0.3) is 0 Å². The molecular weight excluding hydrogens is 260 g/mol. The second-order valence-corrected chi connectivity index (χ2v) is 4.95. The Labute approximate surface area is 115 Å². The summed E-state index contributed by atoms with van der Waals surface area (Å²) in [6, 6.07) is 7.24. The smallest absolute Gasteiger partial charge is 0.314 e. The Hall–Kier alpha value is -2.37. The topological polar surface area (TPSA) is 85.5 Å². The van der Waals surface area contributed by atoms with Gasteiger partial charge in [-0.15, -0.1) is 0 Å². The zero-order chi connectivity index (χ0) is 14.2. The number of fused-ring (bicyclic) bond motifs is 1. The molecule has 0 radical (unpaired) electrons.